The van der Waals surface area contributed by atoms with E-state index in [2.05, 4.69) is 10.5 Å². The summed E-state index contributed by atoms with van der Waals surface area (Å²) in [6.45, 7) is 5.87. The van der Waals surface area contributed by atoms with E-state index < -0.39 is 0 Å². The number of hydrogen-bond donors (Lipinski definition) is 2. The molecule has 3 N–H and O–H groups in total. The Balaban J connectivity index is 0.00000192. The molecular weight excluding hydrogens is 314 g/mol. The topological polar surface area (TPSA) is 81.2 Å². The maximum absolute atomic E-state index is 12.8. The normalized spacial score (nSPS) is 30.0. The predicted octanol–water partition coefficient (Wildman–Crippen LogP) is 3.16. The van der Waals surface area contributed by atoms with E-state index in [0.717, 1.165) is 12.8 Å². The van der Waals surface area contributed by atoms with Crippen molar-refractivity contribution in [3.8, 4) is 0 Å². The van der Waals surface area contributed by atoms with Crippen LogP contribution < -0.4 is 11.1 Å². The summed E-state index contributed by atoms with van der Waals surface area (Å²) in [6.07, 6.45) is 5.67. The Hall–Kier alpha value is -1.07. The number of aromatic nitrogens is 1. The van der Waals surface area contributed by atoms with Crippen molar-refractivity contribution in [1.29, 1.82) is 0 Å². The minimum atomic E-state index is -0.0279. The van der Waals surface area contributed by atoms with Crippen LogP contribution in [0.1, 0.15) is 73.7 Å². The second-order valence-electron chi connectivity index (χ2n) is 7.34. The number of carbonyl (C=O) groups is 1. The van der Waals surface area contributed by atoms with Crippen molar-refractivity contribution >= 4 is 18.3 Å². The van der Waals surface area contributed by atoms with E-state index >= 15 is 0 Å². The van der Waals surface area contributed by atoms with Crippen LogP contribution in [0.15, 0.2) is 4.52 Å². The van der Waals surface area contributed by atoms with Gasteiger partial charge in [-0.25, -0.2) is 0 Å². The van der Waals surface area contributed by atoms with E-state index in [1.165, 1.54) is 19.3 Å². The third kappa shape index (κ3) is 3.56. The quantitative estimate of drug-likeness (QED) is 0.884. The van der Waals surface area contributed by atoms with E-state index in [1.807, 2.05) is 20.8 Å². The molecule has 0 radical (unpaired) electrons. The number of nitrogens with one attached hydrogen (secondary N) is 1. The van der Waals surface area contributed by atoms with Gasteiger partial charge >= 0.3 is 0 Å². The number of halogens is 1. The molecule has 2 aliphatic rings. The third-order valence-corrected chi connectivity index (χ3v) is 5.31. The minimum absolute atomic E-state index is 0. The SMILES string of the molecule is Cc1noc(C(C)C)c1C(=O)NC1C2CCCC1CC(N)C2.Cl. The smallest absolute Gasteiger partial charge is 0.257 e. The zero-order valence-corrected chi connectivity index (χ0v) is 15.0. The number of rotatable bonds is 3. The van der Waals surface area contributed by atoms with Crippen molar-refractivity contribution in [1.82, 2.24) is 10.5 Å². The summed E-state index contributed by atoms with van der Waals surface area (Å²) in [6, 6.07) is 0.558. The standard InChI is InChI=1S/C17H27N3O2.ClH/c1-9(2)16-14(10(3)20-22-16)17(21)19-15-11-5-4-6-12(15)8-13(18)7-11;/h9,11-13,15H,4-8,18H2,1-3H3,(H,19,21);1H. The predicted molar refractivity (Wildman–Crippen MR) is 91.9 cm³/mol. The molecule has 0 aliphatic heterocycles. The van der Waals surface area contributed by atoms with E-state index in [4.69, 9.17) is 10.3 Å². The number of amides is 1. The molecule has 0 aromatic carbocycles. The van der Waals surface area contributed by atoms with Crippen molar-refractivity contribution in [2.75, 3.05) is 0 Å². The molecule has 0 spiro atoms. The average Bonchev–Trinajstić information content (AvgIpc) is 2.82. The summed E-state index contributed by atoms with van der Waals surface area (Å²) in [5, 5.41) is 7.27. The zero-order valence-electron chi connectivity index (χ0n) is 14.2. The van der Waals surface area contributed by atoms with Gasteiger partial charge in [0.2, 0.25) is 0 Å². The molecule has 1 aromatic rings. The molecule has 2 saturated carbocycles. The fourth-order valence-electron chi connectivity index (χ4n) is 4.31. The monoisotopic (exact) mass is 341 g/mol. The van der Waals surface area contributed by atoms with E-state index in [1.54, 1.807) is 0 Å². The maximum atomic E-state index is 12.8. The van der Waals surface area contributed by atoms with Crippen LogP contribution in [0, 0.1) is 18.8 Å². The number of nitrogens with two attached hydrogens (primary N) is 1. The number of nitrogens with zero attached hydrogens (tertiary/aromatic N) is 1. The third-order valence-electron chi connectivity index (χ3n) is 5.31. The molecule has 1 aromatic heterocycles. The lowest BCUT2D eigenvalue weighted by Crippen LogP contribution is -2.53. The molecule has 5 nitrogen and oxygen atoms in total. The molecule has 2 aliphatic carbocycles. The highest BCUT2D eigenvalue weighted by Crippen LogP contribution is 2.40. The van der Waals surface area contributed by atoms with Gasteiger partial charge in [0.05, 0.1) is 5.69 Å². The Labute approximate surface area is 144 Å². The molecule has 1 heterocycles. The Bertz CT molecular complexity index is 544. The second kappa shape index (κ2) is 7.22. The zero-order chi connectivity index (χ0) is 15.9. The first-order valence-corrected chi connectivity index (χ1v) is 8.50. The summed E-state index contributed by atoms with van der Waals surface area (Å²) >= 11 is 0. The van der Waals surface area contributed by atoms with Crippen LogP contribution in [0.4, 0.5) is 0 Å². The van der Waals surface area contributed by atoms with E-state index in [0.29, 0.717) is 34.9 Å². The van der Waals surface area contributed by atoms with E-state index in [-0.39, 0.29) is 30.3 Å². The largest absolute Gasteiger partial charge is 0.360 e. The van der Waals surface area contributed by atoms with Crippen molar-refractivity contribution in [3.05, 3.63) is 17.0 Å². The van der Waals surface area contributed by atoms with Gasteiger partial charge in [-0.2, -0.15) is 0 Å². The molecule has 23 heavy (non-hydrogen) atoms. The molecule has 2 bridgehead atoms. The van der Waals surface area contributed by atoms with Crippen LogP contribution in [0.3, 0.4) is 0 Å². The molecule has 2 fully saturated rings. The van der Waals surface area contributed by atoms with Crippen LogP contribution in [0.2, 0.25) is 0 Å². The lowest BCUT2D eigenvalue weighted by Gasteiger charge is -2.45. The Morgan fingerprint density at radius 1 is 1.30 bits per heavy atom. The summed E-state index contributed by atoms with van der Waals surface area (Å²) in [5.74, 6) is 1.86. The molecule has 0 saturated heterocycles. The minimum Gasteiger partial charge on any atom is -0.360 e. The fourth-order valence-corrected chi connectivity index (χ4v) is 4.31. The highest BCUT2D eigenvalue weighted by molar-refractivity contribution is 5.96. The summed E-state index contributed by atoms with van der Waals surface area (Å²) in [4.78, 5) is 12.8. The number of hydrogen-bond acceptors (Lipinski definition) is 4. The Morgan fingerprint density at radius 3 is 2.48 bits per heavy atom. The molecular formula is C17H28ClN3O2. The van der Waals surface area contributed by atoms with Crippen molar-refractivity contribution < 1.29 is 9.32 Å². The summed E-state index contributed by atoms with van der Waals surface area (Å²) in [7, 11) is 0. The van der Waals surface area contributed by atoms with Gasteiger partial charge in [-0.05, 0) is 44.4 Å². The lowest BCUT2D eigenvalue weighted by atomic mass is 9.67. The highest BCUT2D eigenvalue weighted by Gasteiger charge is 2.40. The van der Waals surface area contributed by atoms with Gasteiger partial charge in [0.25, 0.3) is 5.91 Å². The van der Waals surface area contributed by atoms with Gasteiger partial charge in [0, 0.05) is 18.0 Å². The van der Waals surface area contributed by atoms with Gasteiger partial charge in [0.15, 0.2) is 5.76 Å². The van der Waals surface area contributed by atoms with Gasteiger partial charge in [0.1, 0.15) is 5.56 Å². The van der Waals surface area contributed by atoms with Gasteiger partial charge in [-0.15, -0.1) is 12.4 Å². The number of carbonyl (C=O) groups excluding carboxylic acids is 1. The summed E-state index contributed by atoms with van der Waals surface area (Å²) in [5.41, 5.74) is 7.47. The van der Waals surface area contributed by atoms with E-state index in [9.17, 15) is 4.79 Å². The Kier molecular flexibility index (Phi) is 5.74. The van der Waals surface area contributed by atoms with Crippen LogP contribution in [0.5, 0.6) is 0 Å². The van der Waals surface area contributed by atoms with Crippen molar-refractivity contribution in [2.24, 2.45) is 17.6 Å². The first-order valence-electron chi connectivity index (χ1n) is 8.50. The number of aryl methyl sites for hydroxylation is 1. The van der Waals surface area contributed by atoms with Crippen molar-refractivity contribution in [3.63, 3.8) is 0 Å². The first kappa shape index (κ1) is 18.3. The van der Waals surface area contributed by atoms with Crippen LogP contribution >= 0.6 is 12.4 Å². The second-order valence-corrected chi connectivity index (χ2v) is 7.34. The molecule has 1 amide bonds. The van der Waals surface area contributed by atoms with Crippen LogP contribution in [0.25, 0.3) is 0 Å². The number of fused-ring (bicyclic) bond motifs is 2. The molecule has 3 rings (SSSR count). The van der Waals surface area contributed by atoms with Crippen LogP contribution in [-0.2, 0) is 0 Å². The lowest BCUT2D eigenvalue weighted by molar-refractivity contribution is 0.0753. The van der Waals surface area contributed by atoms with Gasteiger partial charge in [-0.1, -0.05) is 25.4 Å². The highest BCUT2D eigenvalue weighted by atomic mass is 35.5. The first-order chi connectivity index (χ1) is 10.5. The Morgan fingerprint density at radius 2 is 1.91 bits per heavy atom. The fraction of sp³-hybridized carbons (Fsp3) is 0.765. The molecule has 2 atom stereocenters. The maximum Gasteiger partial charge on any atom is 0.257 e. The van der Waals surface area contributed by atoms with Crippen LogP contribution in [-0.4, -0.2) is 23.1 Å². The van der Waals surface area contributed by atoms with Crippen molar-refractivity contribution in [2.45, 2.75) is 70.9 Å². The average molecular weight is 342 g/mol. The summed E-state index contributed by atoms with van der Waals surface area (Å²) < 4.78 is 5.35. The molecule has 2 unspecified atom stereocenters. The van der Waals surface area contributed by atoms with Gasteiger partial charge in [-0.3, -0.25) is 4.79 Å². The molecule has 130 valence electrons. The molecule has 6 heteroatoms. The van der Waals surface area contributed by atoms with Gasteiger partial charge < -0.3 is 15.6 Å².